The van der Waals surface area contributed by atoms with Crippen LogP contribution in [0.1, 0.15) is 122 Å². The van der Waals surface area contributed by atoms with Crippen molar-refractivity contribution in [3.63, 3.8) is 0 Å². The fraction of sp³-hybridized carbons (Fsp3) is 0.962. The fourth-order valence-corrected chi connectivity index (χ4v) is 6.79. The Hall–Kier alpha value is -0.510. The molecule has 3 rings (SSSR count). The summed E-state index contributed by atoms with van der Waals surface area (Å²) in [7, 11) is 0. The summed E-state index contributed by atoms with van der Waals surface area (Å²) in [5.41, 5.74) is 0. The van der Waals surface area contributed by atoms with Gasteiger partial charge in [-0.15, -0.1) is 0 Å². The molecule has 0 unspecified atom stereocenters. The van der Waals surface area contributed by atoms with E-state index in [1.807, 2.05) is 0 Å². The van der Waals surface area contributed by atoms with E-state index in [9.17, 15) is 0 Å². The van der Waals surface area contributed by atoms with Crippen LogP contribution in [0.25, 0.3) is 0 Å². The quantitative estimate of drug-likeness (QED) is 0.394. The van der Waals surface area contributed by atoms with Crippen molar-refractivity contribution < 1.29 is 0 Å². The van der Waals surface area contributed by atoms with Gasteiger partial charge in [0.1, 0.15) is 0 Å². The summed E-state index contributed by atoms with van der Waals surface area (Å²) in [6.07, 6.45) is 26.0. The average molecular weight is 372 g/mol. The van der Waals surface area contributed by atoms with Gasteiger partial charge in [-0.2, -0.15) is 5.26 Å². The van der Waals surface area contributed by atoms with E-state index in [1.54, 1.807) is 12.8 Å². The molecular formula is C26H45N. The number of nitriles is 1. The van der Waals surface area contributed by atoms with Crippen LogP contribution in [0.3, 0.4) is 0 Å². The molecule has 0 aromatic carbocycles. The van der Waals surface area contributed by atoms with Crippen molar-refractivity contribution in [2.45, 2.75) is 122 Å². The maximum absolute atomic E-state index is 9.12. The summed E-state index contributed by atoms with van der Waals surface area (Å²) in [5.74, 6) is 5.52. The highest BCUT2D eigenvalue weighted by Crippen LogP contribution is 2.46. The highest BCUT2D eigenvalue weighted by molar-refractivity contribution is 4.90. The third kappa shape index (κ3) is 6.51. The summed E-state index contributed by atoms with van der Waals surface area (Å²) in [5, 5.41) is 9.12. The molecule has 3 aliphatic rings. The monoisotopic (exact) mass is 371 g/mol. The van der Waals surface area contributed by atoms with Gasteiger partial charge in [-0.25, -0.2) is 0 Å². The van der Waals surface area contributed by atoms with Crippen LogP contribution in [0.4, 0.5) is 0 Å². The first-order valence-electron chi connectivity index (χ1n) is 12.7. The Kier molecular flexibility index (Phi) is 9.02. The average Bonchev–Trinajstić information content (AvgIpc) is 2.74. The van der Waals surface area contributed by atoms with E-state index in [0.29, 0.717) is 5.92 Å². The second kappa shape index (κ2) is 11.5. The summed E-state index contributed by atoms with van der Waals surface area (Å²) >= 11 is 0. The Bertz CT molecular complexity index is 426. The predicted octanol–water partition coefficient (Wildman–Crippen LogP) is 8.29. The van der Waals surface area contributed by atoms with Crippen LogP contribution < -0.4 is 0 Å². The first kappa shape index (κ1) is 21.2. The first-order valence-corrected chi connectivity index (χ1v) is 12.7. The fourth-order valence-electron chi connectivity index (χ4n) is 6.79. The molecule has 3 fully saturated rings. The molecule has 3 aliphatic carbocycles. The molecule has 0 aromatic heterocycles. The molecular weight excluding hydrogens is 326 g/mol. The van der Waals surface area contributed by atoms with Crippen LogP contribution in [0, 0.1) is 46.8 Å². The van der Waals surface area contributed by atoms with Crippen molar-refractivity contribution in [3.05, 3.63) is 0 Å². The molecule has 154 valence electrons. The zero-order chi connectivity index (χ0) is 18.9. The number of unbranched alkanes of at least 4 members (excludes halogenated alkanes) is 4. The zero-order valence-corrected chi connectivity index (χ0v) is 18.1. The molecule has 1 heteroatoms. The number of rotatable bonds is 8. The van der Waals surface area contributed by atoms with Crippen LogP contribution in [0.2, 0.25) is 0 Å². The summed E-state index contributed by atoms with van der Waals surface area (Å²) in [4.78, 5) is 0. The van der Waals surface area contributed by atoms with E-state index in [0.717, 1.165) is 29.6 Å². The highest BCUT2D eigenvalue weighted by atomic mass is 14.4. The van der Waals surface area contributed by atoms with E-state index in [-0.39, 0.29) is 0 Å². The smallest absolute Gasteiger partial charge is 0.0655 e. The first-order chi connectivity index (χ1) is 13.3. The van der Waals surface area contributed by atoms with Gasteiger partial charge in [0, 0.05) is 5.92 Å². The van der Waals surface area contributed by atoms with Gasteiger partial charge >= 0.3 is 0 Å². The lowest BCUT2D eigenvalue weighted by Gasteiger charge is -2.41. The Balaban J connectivity index is 1.29. The van der Waals surface area contributed by atoms with E-state index < -0.39 is 0 Å². The number of nitrogens with zero attached hydrogens (tertiary/aromatic N) is 1. The largest absolute Gasteiger partial charge is 0.198 e. The topological polar surface area (TPSA) is 23.8 Å². The zero-order valence-electron chi connectivity index (χ0n) is 18.1. The molecule has 0 amide bonds. The number of hydrogen-bond acceptors (Lipinski definition) is 1. The Morgan fingerprint density at radius 1 is 0.593 bits per heavy atom. The van der Waals surface area contributed by atoms with Crippen LogP contribution in [0.5, 0.6) is 0 Å². The second-order valence-corrected chi connectivity index (χ2v) is 10.4. The molecule has 0 saturated heterocycles. The second-order valence-electron chi connectivity index (χ2n) is 10.4. The van der Waals surface area contributed by atoms with Crippen LogP contribution in [0.15, 0.2) is 0 Å². The van der Waals surface area contributed by atoms with Gasteiger partial charge in [0.15, 0.2) is 0 Å². The lowest BCUT2D eigenvalue weighted by Crippen LogP contribution is -2.29. The van der Waals surface area contributed by atoms with Gasteiger partial charge < -0.3 is 0 Å². The minimum absolute atomic E-state index is 0.374. The molecule has 0 radical (unpaired) electrons. The van der Waals surface area contributed by atoms with Gasteiger partial charge in [0.25, 0.3) is 0 Å². The van der Waals surface area contributed by atoms with E-state index in [2.05, 4.69) is 13.0 Å². The van der Waals surface area contributed by atoms with Gasteiger partial charge in [0.2, 0.25) is 0 Å². The molecule has 0 atom stereocenters. The molecule has 27 heavy (non-hydrogen) atoms. The van der Waals surface area contributed by atoms with E-state index in [1.165, 1.54) is 103 Å². The van der Waals surface area contributed by atoms with Crippen LogP contribution >= 0.6 is 0 Å². The summed E-state index contributed by atoms with van der Waals surface area (Å²) in [6.45, 7) is 2.31. The van der Waals surface area contributed by atoms with Gasteiger partial charge in [0.05, 0.1) is 6.07 Å². The molecule has 3 saturated carbocycles. The Morgan fingerprint density at radius 2 is 1.04 bits per heavy atom. The van der Waals surface area contributed by atoms with Gasteiger partial charge in [-0.3, -0.25) is 0 Å². The third-order valence-electron chi connectivity index (χ3n) is 8.71. The Labute approximate surface area is 169 Å². The summed E-state index contributed by atoms with van der Waals surface area (Å²) < 4.78 is 0. The highest BCUT2D eigenvalue weighted by Gasteiger charge is 2.34. The maximum atomic E-state index is 9.12. The lowest BCUT2D eigenvalue weighted by atomic mass is 9.65. The lowest BCUT2D eigenvalue weighted by molar-refractivity contribution is 0.107. The van der Waals surface area contributed by atoms with Crippen LogP contribution in [-0.2, 0) is 0 Å². The van der Waals surface area contributed by atoms with Crippen molar-refractivity contribution in [2.24, 2.45) is 35.5 Å². The third-order valence-corrected chi connectivity index (χ3v) is 8.71. The minimum Gasteiger partial charge on any atom is -0.198 e. The minimum atomic E-state index is 0.374. The molecule has 0 spiro atoms. The molecule has 0 heterocycles. The van der Waals surface area contributed by atoms with Crippen molar-refractivity contribution in [3.8, 4) is 6.07 Å². The maximum Gasteiger partial charge on any atom is 0.0655 e. The van der Waals surface area contributed by atoms with Crippen molar-refractivity contribution in [1.29, 1.82) is 5.26 Å². The summed E-state index contributed by atoms with van der Waals surface area (Å²) in [6, 6.07) is 2.50. The predicted molar refractivity (Wildman–Crippen MR) is 115 cm³/mol. The van der Waals surface area contributed by atoms with Crippen LogP contribution in [-0.4, -0.2) is 0 Å². The standard InChI is InChI=1S/C26H45N/c1-2-3-4-5-6-7-21-8-12-23(13-9-21)25-16-18-26(19-17-25)24-14-10-22(20-27)11-15-24/h21-26H,2-19H2,1H3/t21-,22-,23-,24+,25?,26?. The molecule has 0 aliphatic heterocycles. The van der Waals surface area contributed by atoms with E-state index >= 15 is 0 Å². The Morgan fingerprint density at radius 3 is 1.52 bits per heavy atom. The molecule has 0 aromatic rings. The number of hydrogen-bond donors (Lipinski definition) is 0. The molecule has 1 nitrogen and oxygen atoms in total. The van der Waals surface area contributed by atoms with Gasteiger partial charge in [-0.1, -0.05) is 58.3 Å². The van der Waals surface area contributed by atoms with Gasteiger partial charge in [-0.05, 0) is 93.8 Å². The molecule has 0 N–H and O–H groups in total. The molecule has 0 bridgehead atoms. The SMILES string of the molecule is CCCCCCC[C@H]1CC[C@H](C2CCC([C@H]3CC[C@@H](C#N)CC3)CC2)CC1. The van der Waals surface area contributed by atoms with E-state index in [4.69, 9.17) is 5.26 Å². The normalized spacial score (nSPS) is 37.6. The van der Waals surface area contributed by atoms with Crippen molar-refractivity contribution >= 4 is 0 Å². The van der Waals surface area contributed by atoms with Crippen molar-refractivity contribution in [1.82, 2.24) is 0 Å². The van der Waals surface area contributed by atoms with Crippen molar-refractivity contribution in [2.75, 3.05) is 0 Å².